The molecule has 0 radical (unpaired) electrons. The van der Waals surface area contributed by atoms with Crippen molar-refractivity contribution >= 4 is 5.91 Å². The van der Waals surface area contributed by atoms with E-state index in [2.05, 4.69) is 10.3 Å². The van der Waals surface area contributed by atoms with Gasteiger partial charge in [0.05, 0.1) is 13.7 Å². The van der Waals surface area contributed by atoms with Crippen LogP contribution in [-0.4, -0.2) is 37.8 Å². The number of ether oxygens (including phenoxy) is 2. The lowest BCUT2D eigenvalue weighted by atomic mass is 10.2. The van der Waals surface area contributed by atoms with E-state index in [1.54, 1.807) is 25.4 Å². The fourth-order valence-electron chi connectivity index (χ4n) is 1.25. The Hall–Kier alpha value is -1.66. The molecule has 1 aromatic heterocycles. The van der Waals surface area contributed by atoms with Gasteiger partial charge in [0.15, 0.2) is 0 Å². The number of hydrogen-bond acceptors (Lipinski definition) is 5. The van der Waals surface area contributed by atoms with Gasteiger partial charge in [-0.3, -0.25) is 4.79 Å². The molecular formula is C11H17N3O3. The molecule has 6 nitrogen and oxygen atoms in total. The van der Waals surface area contributed by atoms with Crippen LogP contribution in [0.25, 0.3) is 0 Å². The summed E-state index contributed by atoms with van der Waals surface area (Å²) in [5.74, 6) is 0.264. The first kappa shape index (κ1) is 13.4. The Kier molecular flexibility index (Phi) is 5.38. The molecule has 0 bridgehead atoms. The van der Waals surface area contributed by atoms with Crippen LogP contribution in [0.5, 0.6) is 5.88 Å². The number of carbonyl (C=O) groups excluding carboxylic acids is 1. The standard InChI is InChI=1S/C11H17N3O3/c1-16-7-9(12)11(15)14-6-8-3-4-13-10(5-8)17-2/h3-5,9H,6-7,12H2,1-2H3,(H,14,15). The molecule has 3 N–H and O–H groups in total. The summed E-state index contributed by atoms with van der Waals surface area (Å²) in [6.07, 6.45) is 1.62. The van der Waals surface area contributed by atoms with Crippen molar-refractivity contribution in [2.24, 2.45) is 5.73 Å². The van der Waals surface area contributed by atoms with Gasteiger partial charge in [-0.2, -0.15) is 0 Å². The Balaban J connectivity index is 2.46. The number of nitrogens with two attached hydrogens (primary N) is 1. The predicted molar refractivity (Wildman–Crippen MR) is 62.5 cm³/mol. The van der Waals surface area contributed by atoms with Crippen LogP contribution in [0.2, 0.25) is 0 Å². The van der Waals surface area contributed by atoms with Gasteiger partial charge in [0.2, 0.25) is 11.8 Å². The SMILES string of the molecule is COCC(N)C(=O)NCc1ccnc(OC)c1. The van der Waals surface area contributed by atoms with E-state index < -0.39 is 6.04 Å². The molecule has 17 heavy (non-hydrogen) atoms. The van der Waals surface area contributed by atoms with Crippen LogP contribution in [0.15, 0.2) is 18.3 Å². The number of rotatable bonds is 6. The molecule has 0 saturated carbocycles. The van der Waals surface area contributed by atoms with E-state index in [1.807, 2.05) is 0 Å². The second kappa shape index (κ2) is 6.82. The Morgan fingerprint density at radius 2 is 2.35 bits per heavy atom. The second-order valence-electron chi connectivity index (χ2n) is 3.49. The highest BCUT2D eigenvalue weighted by atomic mass is 16.5. The van der Waals surface area contributed by atoms with Crippen molar-refractivity contribution in [2.45, 2.75) is 12.6 Å². The zero-order valence-electron chi connectivity index (χ0n) is 9.97. The Morgan fingerprint density at radius 1 is 1.59 bits per heavy atom. The summed E-state index contributed by atoms with van der Waals surface area (Å²) in [6, 6.07) is 2.90. The summed E-state index contributed by atoms with van der Waals surface area (Å²) in [4.78, 5) is 15.5. The molecule has 0 spiro atoms. The van der Waals surface area contributed by atoms with Gasteiger partial charge < -0.3 is 20.5 Å². The quantitative estimate of drug-likeness (QED) is 0.710. The van der Waals surface area contributed by atoms with Crippen LogP contribution in [0, 0.1) is 0 Å². The van der Waals surface area contributed by atoms with Gasteiger partial charge in [-0.05, 0) is 11.6 Å². The van der Waals surface area contributed by atoms with Gasteiger partial charge in [0.1, 0.15) is 6.04 Å². The molecule has 1 atom stereocenters. The Bertz CT molecular complexity index is 371. The van der Waals surface area contributed by atoms with Crippen LogP contribution in [-0.2, 0) is 16.1 Å². The van der Waals surface area contributed by atoms with Gasteiger partial charge in [-0.15, -0.1) is 0 Å². The fourth-order valence-corrected chi connectivity index (χ4v) is 1.25. The molecule has 0 fully saturated rings. The minimum absolute atomic E-state index is 0.200. The number of amides is 1. The number of nitrogens with one attached hydrogen (secondary N) is 1. The maximum Gasteiger partial charge on any atom is 0.239 e. The van der Waals surface area contributed by atoms with E-state index in [-0.39, 0.29) is 12.5 Å². The van der Waals surface area contributed by atoms with Crippen molar-refractivity contribution < 1.29 is 14.3 Å². The van der Waals surface area contributed by atoms with Gasteiger partial charge in [0, 0.05) is 25.9 Å². The van der Waals surface area contributed by atoms with E-state index in [0.29, 0.717) is 12.4 Å². The van der Waals surface area contributed by atoms with E-state index >= 15 is 0 Å². The second-order valence-corrected chi connectivity index (χ2v) is 3.49. The zero-order chi connectivity index (χ0) is 12.7. The lowest BCUT2D eigenvalue weighted by molar-refractivity contribution is -0.123. The molecule has 1 heterocycles. The van der Waals surface area contributed by atoms with Crippen molar-refractivity contribution in [1.82, 2.24) is 10.3 Å². The topological polar surface area (TPSA) is 86.5 Å². The third-order valence-corrected chi connectivity index (χ3v) is 2.16. The van der Waals surface area contributed by atoms with Crippen molar-refractivity contribution in [1.29, 1.82) is 0 Å². The lowest BCUT2D eigenvalue weighted by Crippen LogP contribution is -2.43. The van der Waals surface area contributed by atoms with Crippen LogP contribution in [0.1, 0.15) is 5.56 Å². The molecule has 1 unspecified atom stereocenters. The molecular weight excluding hydrogens is 222 g/mol. The first-order valence-electron chi connectivity index (χ1n) is 5.18. The predicted octanol–water partition coefficient (Wildman–Crippen LogP) is -0.320. The largest absolute Gasteiger partial charge is 0.481 e. The molecule has 1 rings (SSSR count). The summed E-state index contributed by atoms with van der Waals surface area (Å²) >= 11 is 0. The molecule has 1 aromatic rings. The maximum atomic E-state index is 11.5. The summed E-state index contributed by atoms with van der Waals surface area (Å²) < 4.78 is 9.78. The van der Waals surface area contributed by atoms with Gasteiger partial charge in [-0.25, -0.2) is 4.98 Å². The van der Waals surface area contributed by atoms with E-state index in [0.717, 1.165) is 5.56 Å². The minimum Gasteiger partial charge on any atom is -0.481 e. The molecule has 0 aliphatic heterocycles. The molecule has 6 heteroatoms. The molecule has 0 aliphatic carbocycles. The number of pyridine rings is 1. The number of methoxy groups -OCH3 is 2. The van der Waals surface area contributed by atoms with E-state index in [1.165, 1.54) is 7.11 Å². The first-order valence-corrected chi connectivity index (χ1v) is 5.18. The highest BCUT2D eigenvalue weighted by molar-refractivity contribution is 5.81. The monoisotopic (exact) mass is 239 g/mol. The van der Waals surface area contributed by atoms with Crippen molar-refractivity contribution in [3.8, 4) is 5.88 Å². The molecule has 1 amide bonds. The smallest absolute Gasteiger partial charge is 0.239 e. The lowest BCUT2D eigenvalue weighted by Gasteiger charge is -2.11. The van der Waals surface area contributed by atoms with Gasteiger partial charge in [-0.1, -0.05) is 0 Å². The summed E-state index contributed by atoms with van der Waals surface area (Å²) in [7, 11) is 3.04. The van der Waals surface area contributed by atoms with Crippen molar-refractivity contribution in [2.75, 3.05) is 20.8 Å². The first-order chi connectivity index (χ1) is 8.17. The Morgan fingerprint density at radius 3 is 3.00 bits per heavy atom. The van der Waals surface area contributed by atoms with Crippen molar-refractivity contribution in [3.05, 3.63) is 23.9 Å². The number of nitrogens with zero attached hydrogens (tertiary/aromatic N) is 1. The highest BCUT2D eigenvalue weighted by Crippen LogP contribution is 2.07. The fraction of sp³-hybridized carbons (Fsp3) is 0.455. The van der Waals surface area contributed by atoms with E-state index in [4.69, 9.17) is 15.2 Å². The molecule has 94 valence electrons. The normalized spacial score (nSPS) is 11.9. The molecule has 0 saturated heterocycles. The van der Waals surface area contributed by atoms with Gasteiger partial charge >= 0.3 is 0 Å². The Labute approximate surface area is 100 Å². The summed E-state index contributed by atoms with van der Waals surface area (Å²) in [5, 5.41) is 2.71. The van der Waals surface area contributed by atoms with Crippen LogP contribution < -0.4 is 15.8 Å². The number of carbonyl (C=O) groups is 1. The molecule has 0 aromatic carbocycles. The summed E-state index contributed by atoms with van der Waals surface area (Å²) in [6.45, 7) is 0.584. The van der Waals surface area contributed by atoms with Gasteiger partial charge in [0.25, 0.3) is 0 Å². The molecule has 0 aliphatic rings. The zero-order valence-corrected chi connectivity index (χ0v) is 9.97. The van der Waals surface area contributed by atoms with Crippen molar-refractivity contribution in [3.63, 3.8) is 0 Å². The number of aromatic nitrogens is 1. The third kappa shape index (κ3) is 4.38. The highest BCUT2D eigenvalue weighted by Gasteiger charge is 2.12. The van der Waals surface area contributed by atoms with Crippen LogP contribution >= 0.6 is 0 Å². The van der Waals surface area contributed by atoms with Crippen LogP contribution in [0.4, 0.5) is 0 Å². The maximum absolute atomic E-state index is 11.5. The minimum atomic E-state index is -0.649. The number of hydrogen-bond donors (Lipinski definition) is 2. The average Bonchev–Trinajstić information content (AvgIpc) is 2.36. The third-order valence-electron chi connectivity index (χ3n) is 2.16. The average molecular weight is 239 g/mol. The van der Waals surface area contributed by atoms with Crippen LogP contribution in [0.3, 0.4) is 0 Å². The summed E-state index contributed by atoms with van der Waals surface area (Å²) in [5.41, 5.74) is 6.47. The van der Waals surface area contributed by atoms with E-state index in [9.17, 15) is 4.79 Å².